The fourth-order valence-corrected chi connectivity index (χ4v) is 1.56. The van der Waals surface area contributed by atoms with Gasteiger partial charge >= 0.3 is 0 Å². The molecule has 0 bridgehead atoms. The minimum absolute atomic E-state index is 0.0713. The van der Waals surface area contributed by atoms with Crippen LogP contribution in [0, 0.1) is 5.92 Å². The zero-order valence-electron chi connectivity index (χ0n) is 8.51. The second-order valence-electron chi connectivity index (χ2n) is 3.48. The van der Waals surface area contributed by atoms with Crippen molar-refractivity contribution in [2.75, 3.05) is 6.54 Å². The smallest absolute Gasteiger partial charge is 0.166 e. The molecule has 1 N–H and O–H groups in total. The minimum atomic E-state index is -1.53. The fraction of sp³-hybridized carbons (Fsp3) is 1.00. The number of aliphatic hydroxyl groups excluding tert-OH is 1. The van der Waals surface area contributed by atoms with Crippen molar-refractivity contribution in [2.24, 2.45) is 16.1 Å². The van der Waals surface area contributed by atoms with Crippen LogP contribution in [0.1, 0.15) is 6.92 Å². The molecule has 1 rings (SSSR count). The third kappa shape index (κ3) is 2.53. The predicted octanol–water partition coefficient (Wildman–Crippen LogP) is 1.67. The van der Waals surface area contributed by atoms with Crippen molar-refractivity contribution in [1.82, 2.24) is 0 Å². The van der Waals surface area contributed by atoms with E-state index in [1.54, 1.807) is 0 Å². The third-order valence-corrected chi connectivity index (χ3v) is 2.53. The van der Waals surface area contributed by atoms with Gasteiger partial charge in [-0.05, 0) is 11.1 Å². The number of hydrogen-bond donors (Lipinski definition) is 1. The Bertz CT molecular complexity index is 338. The maximum atomic E-state index is 13.7. The molecule has 0 radical (unpaired) electrons. The molecule has 1 saturated heterocycles. The van der Waals surface area contributed by atoms with Crippen LogP contribution in [-0.2, 0) is 4.74 Å². The monoisotopic (exact) mass is 230 g/mol. The maximum Gasteiger partial charge on any atom is 0.166 e. The zero-order valence-corrected chi connectivity index (χ0v) is 8.51. The van der Waals surface area contributed by atoms with Gasteiger partial charge in [-0.25, -0.2) is 4.39 Å². The molecule has 0 aliphatic carbocycles. The quantitative estimate of drug-likeness (QED) is 0.449. The molecule has 8 nitrogen and oxygen atoms in total. The predicted molar refractivity (Wildman–Crippen MR) is 51.9 cm³/mol. The van der Waals surface area contributed by atoms with Gasteiger partial charge in [0.1, 0.15) is 12.2 Å². The van der Waals surface area contributed by atoms with Crippen LogP contribution >= 0.6 is 0 Å². The van der Waals surface area contributed by atoms with Crippen molar-refractivity contribution in [3.8, 4) is 0 Å². The molecule has 0 amide bonds. The van der Waals surface area contributed by atoms with Gasteiger partial charge in [-0.2, -0.15) is 0 Å². The summed E-state index contributed by atoms with van der Waals surface area (Å²) in [6.45, 7) is 1.46. The number of nitrogens with zero attached hydrogens (tertiary/aromatic N) is 6. The molecule has 88 valence electrons. The Hall–Kier alpha value is -1.53. The topological polar surface area (TPSA) is 127 Å². The molecule has 0 aromatic rings. The molecule has 0 aromatic carbocycles. The highest BCUT2D eigenvalue weighted by Gasteiger charge is 2.42. The number of ether oxygens (including phenoxy) is 1. The van der Waals surface area contributed by atoms with E-state index in [4.69, 9.17) is 15.8 Å². The van der Waals surface area contributed by atoms with E-state index in [0.29, 0.717) is 0 Å². The second-order valence-corrected chi connectivity index (χ2v) is 3.48. The normalized spacial score (nSPS) is 38.3. The fourth-order valence-electron chi connectivity index (χ4n) is 1.56. The molecule has 1 aliphatic heterocycles. The summed E-state index contributed by atoms with van der Waals surface area (Å²) < 4.78 is 18.7. The van der Waals surface area contributed by atoms with Crippen LogP contribution in [-0.4, -0.2) is 36.3 Å². The Balaban J connectivity index is 2.77. The second kappa shape index (κ2) is 5.53. The average Bonchev–Trinajstić information content (AvgIpc) is 2.27. The largest absolute Gasteiger partial charge is 0.367 e. The van der Waals surface area contributed by atoms with Gasteiger partial charge in [0.05, 0.1) is 12.6 Å². The summed E-state index contributed by atoms with van der Waals surface area (Å²) in [6.07, 6.45) is -3.76. The van der Waals surface area contributed by atoms with Crippen molar-refractivity contribution in [1.29, 1.82) is 0 Å². The van der Waals surface area contributed by atoms with Crippen LogP contribution < -0.4 is 0 Å². The van der Waals surface area contributed by atoms with Crippen molar-refractivity contribution in [3.05, 3.63) is 20.9 Å². The van der Waals surface area contributed by atoms with E-state index in [2.05, 4.69) is 20.1 Å². The lowest BCUT2D eigenvalue weighted by atomic mass is 9.91. The number of hydrogen-bond acceptors (Lipinski definition) is 4. The molecule has 1 aliphatic rings. The lowest BCUT2D eigenvalue weighted by molar-refractivity contribution is -0.206. The Kier molecular flexibility index (Phi) is 4.33. The van der Waals surface area contributed by atoms with Gasteiger partial charge in [0.15, 0.2) is 6.29 Å². The van der Waals surface area contributed by atoms with Gasteiger partial charge in [-0.3, -0.25) is 0 Å². The van der Waals surface area contributed by atoms with Crippen LogP contribution in [0.5, 0.6) is 0 Å². The van der Waals surface area contributed by atoms with E-state index in [-0.39, 0.29) is 6.54 Å². The van der Waals surface area contributed by atoms with Crippen LogP contribution in [0.15, 0.2) is 10.2 Å². The number of rotatable bonds is 3. The minimum Gasteiger partial charge on any atom is -0.367 e. The molecule has 0 saturated carbocycles. The third-order valence-electron chi connectivity index (χ3n) is 2.53. The van der Waals surface area contributed by atoms with E-state index >= 15 is 0 Å². The van der Waals surface area contributed by atoms with Gasteiger partial charge in [0, 0.05) is 15.7 Å². The van der Waals surface area contributed by atoms with Gasteiger partial charge in [-0.15, -0.1) is 0 Å². The van der Waals surface area contributed by atoms with E-state index in [1.807, 2.05) is 0 Å². The highest BCUT2D eigenvalue weighted by Crippen LogP contribution is 2.29. The van der Waals surface area contributed by atoms with Crippen LogP contribution in [0.25, 0.3) is 20.9 Å². The summed E-state index contributed by atoms with van der Waals surface area (Å²) in [5.74, 6) is -0.621. The van der Waals surface area contributed by atoms with E-state index in [0.717, 1.165) is 0 Å². The van der Waals surface area contributed by atoms with Crippen LogP contribution in [0.3, 0.4) is 0 Å². The number of azide groups is 2. The van der Waals surface area contributed by atoms with Gasteiger partial charge in [-0.1, -0.05) is 17.2 Å². The maximum absolute atomic E-state index is 13.7. The van der Waals surface area contributed by atoms with E-state index in [9.17, 15) is 9.50 Å². The molecule has 0 aromatic heterocycles. The lowest BCUT2D eigenvalue weighted by Gasteiger charge is -2.38. The van der Waals surface area contributed by atoms with Crippen molar-refractivity contribution >= 4 is 0 Å². The lowest BCUT2D eigenvalue weighted by Crippen LogP contribution is -2.51. The summed E-state index contributed by atoms with van der Waals surface area (Å²) in [6, 6.07) is -1.26. The molecule has 1 heterocycles. The Morgan fingerprint density at radius 2 is 2.12 bits per heavy atom. The first kappa shape index (κ1) is 12.5. The van der Waals surface area contributed by atoms with E-state index < -0.39 is 30.5 Å². The highest BCUT2D eigenvalue weighted by molar-refractivity contribution is 4.92. The SMILES string of the molecule is C[C@H]1[C@@H](F)[C@@H](N=[N+]=[N-])C(O)O[C@@H]1CN=[N+]=[N-]. The van der Waals surface area contributed by atoms with Crippen molar-refractivity contribution in [2.45, 2.75) is 31.5 Å². The number of halogens is 1. The zero-order chi connectivity index (χ0) is 12.1. The molecular weight excluding hydrogens is 219 g/mol. The highest BCUT2D eigenvalue weighted by atomic mass is 19.1. The Morgan fingerprint density at radius 1 is 1.44 bits per heavy atom. The molecule has 16 heavy (non-hydrogen) atoms. The van der Waals surface area contributed by atoms with Crippen LogP contribution in [0.2, 0.25) is 0 Å². The molecule has 5 atom stereocenters. The standard InChI is InChI=1S/C7H11FN6O2/c1-3-4(2-11-13-9)16-7(15)6(5(3)8)12-14-10/h3-7,15H,2H2,1H3/t3-,4-,5-,6-,7?/m1/s1. The molecular formula is C7H11FN6O2. The van der Waals surface area contributed by atoms with Crippen molar-refractivity contribution in [3.63, 3.8) is 0 Å². The van der Waals surface area contributed by atoms with E-state index in [1.165, 1.54) is 6.92 Å². The number of alkyl halides is 1. The molecule has 1 fully saturated rings. The summed E-state index contributed by atoms with van der Waals surface area (Å²) >= 11 is 0. The first-order valence-corrected chi connectivity index (χ1v) is 4.64. The summed E-state index contributed by atoms with van der Waals surface area (Å²) in [4.78, 5) is 4.97. The first-order valence-electron chi connectivity index (χ1n) is 4.64. The Labute approximate surface area is 90.3 Å². The number of aliphatic hydroxyl groups is 1. The first-order chi connectivity index (χ1) is 7.61. The van der Waals surface area contributed by atoms with Gasteiger partial charge < -0.3 is 9.84 Å². The van der Waals surface area contributed by atoms with Crippen LogP contribution in [0.4, 0.5) is 4.39 Å². The summed E-state index contributed by atoms with van der Waals surface area (Å²) in [5.41, 5.74) is 16.3. The molecule has 0 spiro atoms. The summed E-state index contributed by atoms with van der Waals surface area (Å²) in [7, 11) is 0. The molecule has 9 heteroatoms. The van der Waals surface area contributed by atoms with Gasteiger partial charge in [0.2, 0.25) is 0 Å². The van der Waals surface area contributed by atoms with Crippen molar-refractivity contribution < 1.29 is 14.2 Å². The summed E-state index contributed by atoms with van der Waals surface area (Å²) in [5, 5.41) is 15.8. The Morgan fingerprint density at radius 3 is 2.69 bits per heavy atom. The van der Waals surface area contributed by atoms with Gasteiger partial charge in [0.25, 0.3) is 0 Å². The average molecular weight is 230 g/mol. The molecule has 1 unspecified atom stereocenters.